The molecule has 0 spiro atoms. The van der Waals surface area contributed by atoms with Gasteiger partial charge in [-0.15, -0.1) is 0 Å². The number of rotatable bonds is 9. The van der Waals surface area contributed by atoms with Gasteiger partial charge in [0.25, 0.3) is 0 Å². The molecule has 0 amide bonds. The highest BCUT2D eigenvalue weighted by atomic mass is 16.3. The minimum absolute atomic E-state index is 0.0823. The van der Waals surface area contributed by atoms with Gasteiger partial charge in [0.05, 0.1) is 6.10 Å². The molecule has 3 heteroatoms. The van der Waals surface area contributed by atoms with E-state index >= 15 is 0 Å². The minimum atomic E-state index is -0.262. The van der Waals surface area contributed by atoms with Crippen molar-refractivity contribution in [3.63, 3.8) is 0 Å². The quantitative estimate of drug-likeness (QED) is 0.567. The second kappa shape index (κ2) is 9.75. The number of unbranched alkanes of at least 4 members (excludes halogenated alkanes) is 3. The predicted octanol–water partition coefficient (Wildman–Crippen LogP) is 5.55. The van der Waals surface area contributed by atoms with E-state index in [0.717, 1.165) is 37.9 Å². The van der Waals surface area contributed by atoms with E-state index in [2.05, 4.69) is 44.7 Å². The number of likely N-dealkylation sites (tertiary alicyclic amines) is 1. The number of phenolic OH excluding ortho intramolecular Hbond substituents is 1. The summed E-state index contributed by atoms with van der Waals surface area (Å²) in [5.74, 6) is 0.393. The Balaban J connectivity index is 2.14. The van der Waals surface area contributed by atoms with Gasteiger partial charge in [0.2, 0.25) is 0 Å². The van der Waals surface area contributed by atoms with Crippen LogP contribution in [-0.2, 0) is 5.41 Å². The lowest BCUT2D eigenvalue weighted by Crippen LogP contribution is -2.39. The average Bonchev–Trinajstić information content (AvgIpc) is 2.60. The Morgan fingerprint density at radius 3 is 2.54 bits per heavy atom. The van der Waals surface area contributed by atoms with E-state index in [1.807, 2.05) is 6.07 Å². The molecule has 0 saturated carbocycles. The van der Waals surface area contributed by atoms with Crippen molar-refractivity contribution in [1.82, 2.24) is 4.90 Å². The maximum Gasteiger partial charge on any atom is 0.120 e. The molecular formula is C23H39NO2. The lowest BCUT2D eigenvalue weighted by molar-refractivity contribution is 0.0400. The molecule has 0 aromatic heterocycles. The number of phenols is 1. The first-order valence-corrected chi connectivity index (χ1v) is 10.6. The third kappa shape index (κ3) is 5.47. The smallest absolute Gasteiger partial charge is 0.120 e. The van der Waals surface area contributed by atoms with Crippen LogP contribution in [0.5, 0.6) is 5.75 Å². The van der Waals surface area contributed by atoms with Crippen LogP contribution in [0.3, 0.4) is 0 Å². The monoisotopic (exact) mass is 361 g/mol. The Morgan fingerprint density at radius 2 is 1.88 bits per heavy atom. The maximum absolute atomic E-state index is 10.8. The minimum Gasteiger partial charge on any atom is -0.508 e. The number of piperidine rings is 1. The van der Waals surface area contributed by atoms with Crippen LogP contribution >= 0.6 is 0 Å². The van der Waals surface area contributed by atoms with Crippen molar-refractivity contribution in [2.24, 2.45) is 0 Å². The highest BCUT2D eigenvalue weighted by Crippen LogP contribution is 2.39. The summed E-state index contributed by atoms with van der Waals surface area (Å²) in [7, 11) is 0. The van der Waals surface area contributed by atoms with Crippen molar-refractivity contribution in [2.45, 2.75) is 96.6 Å². The van der Waals surface area contributed by atoms with Crippen LogP contribution < -0.4 is 0 Å². The summed E-state index contributed by atoms with van der Waals surface area (Å²) in [5, 5.41) is 20.9. The van der Waals surface area contributed by atoms with E-state index in [-0.39, 0.29) is 17.6 Å². The summed E-state index contributed by atoms with van der Waals surface area (Å²) in [6.45, 7) is 10.9. The van der Waals surface area contributed by atoms with Gasteiger partial charge < -0.3 is 10.2 Å². The Kier molecular flexibility index (Phi) is 7.97. The molecule has 2 atom stereocenters. The van der Waals surface area contributed by atoms with Crippen LogP contribution in [0.25, 0.3) is 0 Å². The molecular weight excluding hydrogens is 322 g/mol. The standard InChI is InChI=1S/C23H39NO2/c1-5-7-8-9-13-23(3,4)18-10-11-20(22(26)16-18)21-17-19(25)12-15-24(21)14-6-2/h10-11,16,19,21,25-26H,5-9,12-15,17H2,1-4H3. The van der Waals surface area contributed by atoms with E-state index in [4.69, 9.17) is 0 Å². The van der Waals surface area contributed by atoms with Crippen LogP contribution in [0, 0.1) is 0 Å². The number of aliphatic hydroxyl groups is 1. The van der Waals surface area contributed by atoms with Gasteiger partial charge in [-0.25, -0.2) is 0 Å². The molecule has 1 aromatic rings. The molecule has 1 aliphatic heterocycles. The summed E-state index contributed by atoms with van der Waals surface area (Å²) < 4.78 is 0. The molecule has 0 aliphatic carbocycles. The van der Waals surface area contributed by atoms with Gasteiger partial charge in [0.15, 0.2) is 0 Å². The first-order valence-electron chi connectivity index (χ1n) is 10.6. The summed E-state index contributed by atoms with van der Waals surface area (Å²) in [6.07, 6.45) is 8.62. The molecule has 1 saturated heterocycles. The third-order valence-corrected chi connectivity index (χ3v) is 6.02. The highest BCUT2D eigenvalue weighted by molar-refractivity contribution is 5.41. The fourth-order valence-corrected chi connectivity index (χ4v) is 4.26. The third-order valence-electron chi connectivity index (χ3n) is 6.02. The Labute approximate surface area is 160 Å². The number of nitrogens with zero attached hydrogens (tertiary/aromatic N) is 1. The van der Waals surface area contributed by atoms with Gasteiger partial charge >= 0.3 is 0 Å². The predicted molar refractivity (Wildman–Crippen MR) is 110 cm³/mol. The second-order valence-corrected chi connectivity index (χ2v) is 8.70. The summed E-state index contributed by atoms with van der Waals surface area (Å²) in [6, 6.07) is 6.39. The lowest BCUT2D eigenvalue weighted by atomic mass is 9.79. The first kappa shape index (κ1) is 21.2. The fourth-order valence-electron chi connectivity index (χ4n) is 4.26. The zero-order valence-corrected chi connectivity index (χ0v) is 17.3. The number of hydrogen-bond acceptors (Lipinski definition) is 3. The van der Waals surface area contributed by atoms with Gasteiger partial charge in [0, 0.05) is 18.2 Å². The first-order chi connectivity index (χ1) is 12.4. The molecule has 1 fully saturated rings. The van der Waals surface area contributed by atoms with Crippen molar-refractivity contribution < 1.29 is 10.2 Å². The zero-order chi connectivity index (χ0) is 19.2. The lowest BCUT2D eigenvalue weighted by Gasteiger charge is -2.38. The number of aliphatic hydroxyl groups excluding tert-OH is 1. The van der Waals surface area contributed by atoms with Crippen molar-refractivity contribution in [2.75, 3.05) is 13.1 Å². The largest absolute Gasteiger partial charge is 0.508 e. The summed E-state index contributed by atoms with van der Waals surface area (Å²) >= 11 is 0. The van der Waals surface area contributed by atoms with E-state index < -0.39 is 0 Å². The fraction of sp³-hybridized carbons (Fsp3) is 0.739. The van der Waals surface area contributed by atoms with E-state index in [1.54, 1.807) is 0 Å². The van der Waals surface area contributed by atoms with Crippen molar-refractivity contribution in [1.29, 1.82) is 0 Å². The van der Waals surface area contributed by atoms with Gasteiger partial charge in [-0.2, -0.15) is 0 Å². The summed E-state index contributed by atoms with van der Waals surface area (Å²) in [5.41, 5.74) is 2.27. The second-order valence-electron chi connectivity index (χ2n) is 8.70. The number of hydrogen-bond donors (Lipinski definition) is 2. The summed E-state index contributed by atoms with van der Waals surface area (Å²) in [4.78, 5) is 2.41. The Bertz CT molecular complexity index is 555. The van der Waals surface area contributed by atoms with Crippen LogP contribution in [0.15, 0.2) is 18.2 Å². The van der Waals surface area contributed by atoms with E-state index in [0.29, 0.717) is 12.2 Å². The normalized spacial score (nSPS) is 21.9. The van der Waals surface area contributed by atoms with Crippen molar-refractivity contribution >= 4 is 0 Å². The molecule has 26 heavy (non-hydrogen) atoms. The van der Waals surface area contributed by atoms with Crippen molar-refractivity contribution in [3.8, 4) is 5.75 Å². The molecule has 1 aliphatic rings. The highest BCUT2D eigenvalue weighted by Gasteiger charge is 2.30. The van der Waals surface area contributed by atoms with Gasteiger partial charge in [0.1, 0.15) is 5.75 Å². The topological polar surface area (TPSA) is 43.7 Å². The van der Waals surface area contributed by atoms with E-state index in [1.165, 1.54) is 31.2 Å². The van der Waals surface area contributed by atoms with Crippen LogP contribution in [-0.4, -0.2) is 34.3 Å². The molecule has 2 N–H and O–H groups in total. The molecule has 0 radical (unpaired) electrons. The van der Waals surface area contributed by atoms with E-state index in [9.17, 15) is 10.2 Å². The SMILES string of the molecule is CCCCCCC(C)(C)c1ccc(C2CC(O)CCN2CCC)c(O)c1. The molecule has 1 aromatic carbocycles. The molecule has 2 unspecified atom stereocenters. The zero-order valence-electron chi connectivity index (χ0n) is 17.3. The van der Waals surface area contributed by atoms with Gasteiger partial charge in [-0.1, -0.05) is 65.5 Å². The van der Waals surface area contributed by atoms with Crippen LogP contribution in [0.2, 0.25) is 0 Å². The van der Waals surface area contributed by atoms with Crippen LogP contribution in [0.4, 0.5) is 0 Å². The number of aromatic hydroxyl groups is 1. The Hall–Kier alpha value is -1.06. The van der Waals surface area contributed by atoms with Crippen LogP contribution in [0.1, 0.15) is 96.2 Å². The van der Waals surface area contributed by atoms with Gasteiger partial charge in [-0.05, 0) is 49.3 Å². The maximum atomic E-state index is 10.8. The van der Waals surface area contributed by atoms with Gasteiger partial charge in [-0.3, -0.25) is 4.90 Å². The number of benzene rings is 1. The molecule has 148 valence electrons. The molecule has 0 bridgehead atoms. The molecule has 1 heterocycles. The van der Waals surface area contributed by atoms with Crippen molar-refractivity contribution in [3.05, 3.63) is 29.3 Å². The average molecular weight is 362 g/mol. The molecule has 2 rings (SSSR count). The Morgan fingerprint density at radius 1 is 1.12 bits per heavy atom. The molecule has 3 nitrogen and oxygen atoms in total.